The third-order valence-electron chi connectivity index (χ3n) is 2.08. The molecule has 0 amide bonds. The summed E-state index contributed by atoms with van der Waals surface area (Å²) in [6.07, 6.45) is 2.99. The number of rotatable bonds is 5. The van der Waals surface area contributed by atoms with E-state index in [1.165, 1.54) is 17.1 Å². The highest BCUT2D eigenvalue weighted by Gasteiger charge is 2.22. The first-order valence-corrected chi connectivity index (χ1v) is 4.94. The van der Waals surface area contributed by atoms with Crippen molar-refractivity contribution in [3.8, 4) is 0 Å². The van der Waals surface area contributed by atoms with Crippen LogP contribution in [0.15, 0.2) is 12.5 Å². The number of carbonyl (C=O) groups excluding carboxylic acids is 1. The van der Waals surface area contributed by atoms with Gasteiger partial charge in [0.2, 0.25) is 6.33 Å². The van der Waals surface area contributed by atoms with Crippen LogP contribution in [0.4, 0.5) is 5.82 Å². The van der Waals surface area contributed by atoms with Crippen molar-refractivity contribution >= 4 is 11.8 Å². The van der Waals surface area contributed by atoms with Crippen molar-refractivity contribution < 1.29 is 14.5 Å². The molecule has 1 atom stereocenters. The Kier molecular flexibility index (Phi) is 3.98. The van der Waals surface area contributed by atoms with Gasteiger partial charge in [0.1, 0.15) is 12.2 Å². The molecule has 7 nitrogen and oxygen atoms in total. The molecule has 1 aromatic rings. The van der Waals surface area contributed by atoms with Crippen molar-refractivity contribution in [1.82, 2.24) is 9.55 Å². The number of nitrogens with zero attached hydrogens (tertiary/aromatic N) is 3. The van der Waals surface area contributed by atoms with E-state index in [2.05, 4.69) is 4.98 Å². The topological polar surface area (TPSA) is 87.3 Å². The highest BCUT2D eigenvalue weighted by molar-refractivity contribution is 5.74. The van der Waals surface area contributed by atoms with Gasteiger partial charge in [0.15, 0.2) is 0 Å². The predicted molar refractivity (Wildman–Crippen MR) is 54.8 cm³/mol. The number of aromatic nitrogens is 2. The van der Waals surface area contributed by atoms with E-state index < -0.39 is 16.9 Å². The summed E-state index contributed by atoms with van der Waals surface area (Å²) in [6, 6.07) is -0.554. The zero-order chi connectivity index (χ0) is 12.1. The van der Waals surface area contributed by atoms with Crippen molar-refractivity contribution in [1.29, 1.82) is 0 Å². The van der Waals surface area contributed by atoms with Gasteiger partial charge in [-0.05, 0) is 23.3 Å². The Morgan fingerprint density at radius 2 is 2.38 bits per heavy atom. The van der Waals surface area contributed by atoms with Gasteiger partial charge in [-0.15, -0.1) is 0 Å². The SMILES string of the molecule is CCOC(=O)C(CC)n1cnc([N+](=O)[O-])c1. The number of imidazole rings is 1. The molecule has 0 bridgehead atoms. The summed E-state index contributed by atoms with van der Waals surface area (Å²) in [4.78, 5) is 24.9. The van der Waals surface area contributed by atoms with Gasteiger partial charge in [-0.2, -0.15) is 0 Å². The maximum absolute atomic E-state index is 11.5. The molecule has 0 N–H and O–H groups in total. The zero-order valence-corrected chi connectivity index (χ0v) is 9.12. The van der Waals surface area contributed by atoms with Crippen LogP contribution in [-0.2, 0) is 9.53 Å². The van der Waals surface area contributed by atoms with Gasteiger partial charge in [0, 0.05) is 0 Å². The Hall–Kier alpha value is -1.92. The van der Waals surface area contributed by atoms with Crippen LogP contribution >= 0.6 is 0 Å². The molecule has 0 aliphatic carbocycles. The van der Waals surface area contributed by atoms with Crippen molar-refractivity contribution in [2.24, 2.45) is 0 Å². The molecule has 1 unspecified atom stereocenters. The fourth-order valence-electron chi connectivity index (χ4n) is 1.33. The summed E-state index contributed by atoms with van der Waals surface area (Å²) in [7, 11) is 0. The van der Waals surface area contributed by atoms with E-state index in [0.29, 0.717) is 6.42 Å². The lowest BCUT2D eigenvalue weighted by molar-refractivity contribution is -0.389. The molecule has 0 radical (unpaired) electrons. The Morgan fingerprint density at radius 1 is 1.69 bits per heavy atom. The monoisotopic (exact) mass is 227 g/mol. The van der Waals surface area contributed by atoms with Crippen LogP contribution < -0.4 is 0 Å². The standard InChI is InChI=1S/C9H13N3O4/c1-3-7(9(13)16-4-2)11-5-8(10-6-11)12(14)15/h5-7H,3-4H2,1-2H3. The van der Waals surface area contributed by atoms with Crippen molar-refractivity contribution in [3.05, 3.63) is 22.6 Å². The second-order valence-corrected chi connectivity index (χ2v) is 3.11. The fraction of sp³-hybridized carbons (Fsp3) is 0.556. The smallest absolute Gasteiger partial charge is 0.381 e. The van der Waals surface area contributed by atoms with Crippen LogP contribution in [0.3, 0.4) is 0 Å². The Morgan fingerprint density at radius 3 is 2.81 bits per heavy atom. The Bertz CT molecular complexity index is 388. The van der Waals surface area contributed by atoms with Gasteiger partial charge in [-0.25, -0.2) is 4.79 Å². The van der Waals surface area contributed by atoms with E-state index in [0.717, 1.165) is 0 Å². The van der Waals surface area contributed by atoms with Crippen LogP contribution in [0.1, 0.15) is 26.3 Å². The van der Waals surface area contributed by atoms with Crippen LogP contribution in [-0.4, -0.2) is 27.1 Å². The van der Waals surface area contributed by atoms with Crippen molar-refractivity contribution in [2.75, 3.05) is 6.61 Å². The summed E-state index contributed by atoms with van der Waals surface area (Å²) in [6.45, 7) is 3.79. The van der Waals surface area contributed by atoms with Crippen molar-refractivity contribution in [3.63, 3.8) is 0 Å². The number of carbonyl (C=O) groups is 1. The minimum atomic E-state index is -0.603. The lowest BCUT2D eigenvalue weighted by atomic mass is 10.2. The first-order valence-electron chi connectivity index (χ1n) is 4.94. The third-order valence-corrected chi connectivity index (χ3v) is 2.08. The van der Waals surface area contributed by atoms with Crippen molar-refractivity contribution in [2.45, 2.75) is 26.3 Å². The molecule has 0 aromatic carbocycles. The first-order chi connectivity index (χ1) is 7.60. The maximum Gasteiger partial charge on any atom is 0.381 e. The second kappa shape index (κ2) is 5.24. The Balaban J connectivity index is 2.86. The molecule has 0 fully saturated rings. The largest absolute Gasteiger partial charge is 0.464 e. The minimum absolute atomic E-state index is 0.275. The second-order valence-electron chi connectivity index (χ2n) is 3.11. The third kappa shape index (κ3) is 2.56. The number of hydrogen-bond acceptors (Lipinski definition) is 5. The molecule has 0 aliphatic heterocycles. The van der Waals surface area contributed by atoms with Gasteiger partial charge < -0.3 is 14.9 Å². The highest BCUT2D eigenvalue weighted by atomic mass is 16.6. The lowest BCUT2D eigenvalue weighted by Gasteiger charge is -2.12. The number of nitro groups is 1. The van der Waals surface area contributed by atoms with Crippen LogP contribution in [0, 0.1) is 10.1 Å². The van der Waals surface area contributed by atoms with Gasteiger partial charge >= 0.3 is 11.8 Å². The van der Waals surface area contributed by atoms with E-state index in [-0.39, 0.29) is 12.4 Å². The molecule has 0 saturated heterocycles. The minimum Gasteiger partial charge on any atom is -0.464 e. The predicted octanol–water partition coefficient (Wildman–Crippen LogP) is 1.31. The number of hydrogen-bond donors (Lipinski definition) is 0. The number of esters is 1. The molecular weight excluding hydrogens is 214 g/mol. The molecule has 0 spiro atoms. The summed E-state index contributed by atoms with van der Waals surface area (Å²) >= 11 is 0. The van der Waals surface area contributed by atoms with E-state index in [9.17, 15) is 14.9 Å². The molecule has 0 saturated carbocycles. The van der Waals surface area contributed by atoms with Crippen LogP contribution in [0.5, 0.6) is 0 Å². The average Bonchev–Trinajstić information content (AvgIpc) is 2.68. The summed E-state index contributed by atoms with van der Waals surface area (Å²) in [5, 5.41) is 10.4. The fourth-order valence-corrected chi connectivity index (χ4v) is 1.33. The average molecular weight is 227 g/mol. The Labute approximate surface area is 92.2 Å². The zero-order valence-electron chi connectivity index (χ0n) is 9.12. The van der Waals surface area contributed by atoms with Gasteiger partial charge in [-0.3, -0.25) is 4.57 Å². The van der Waals surface area contributed by atoms with E-state index >= 15 is 0 Å². The molecular formula is C9H13N3O4. The first kappa shape index (κ1) is 12.2. The summed E-state index contributed by atoms with van der Waals surface area (Å²) < 4.78 is 6.26. The molecule has 88 valence electrons. The van der Waals surface area contributed by atoms with E-state index in [1.54, 1.807) is 13.8 Å². The van der Waals surface area contributed by atoms with Gasteiger partial charge in [0.25, 0.3) is 0 Å². The van der Waals surface area contributed by atoms with E-state index in [4.69, 9.17) is 4.74 Å². The molecule has 1 rings (SSSR count). The summed E-state index contributed by atoms with van der Waals surface area (Å²) in [5.41, 5.74) is 0. The quantitative estimate of drug-likeness (QED) is 0.430. The van der Waals surface area contributed by atoms with Gasteiger partial charge in [0.05, 0.1) is 6.61 Å². The molecule has 0 aliphatic rings. The van der Waals surface area contributed by atoms with Gasteiger partial charge in [-0.1, -0.05) is 6.92 Å². The molecule has 16 heavy (non-hydrogen) atoms. The van der Waals surface area contributed by atoms with Crippen LogP contribution in [0.2, 0.25) is 0 Å². The number of ether oxygens (including phenoxy) is 1. The normalized spacial score (nSPS) is 12.1. The lowest BCUT2D eigenvalue weighted by Crippen LogP contribution is -2.20. The molecule has 1 aromatic heterocycles. The highest BCUT2D eigenvalue weighted by Crippen LogP contribution is 2.16. The summed E-state index contributed by atoms with van der Waals surface area (Å²) in [5.74, 6) is -0.681. The molecule has 1 heterocycles. The van der Waals surface area contributed by atoms with E-state index in [1.807, 2.05) is 0 Å². The maximum atomic E-state index is 11.5. The molecule has 7 heteroatoms. The van der Waals surface area contributed by atoms with Crippen LogP contribution in [0.25, 0.3) is 0 Å².